The highest BCUT2D eigenvalue weighted by molar-refractivity contribution is 6.49. The van der Waals surface area contributed by atoms with Crippen LogP contribution in [0.2, 0.25) is 0 Å². The normalized spacial score (nSPS) is 30.3. The summed E-state index contributed by atoms with van der Waals surface area (Å²) in [6.45, 7) is 17.2. The zero-order valence-corrected chi connectivity index (χ0v) is 24.6. The van der Waals surface area contributed by atoms with Gasteiger partial charge in [-0.2, -0.15) is 0 Å². The number of carbonyl (C=O) groups excluding carboxylic acids is 3. The fourth-order valence-corrected chi connectivity index (χ4v) is 6.91. The fraction of sp³-hybridized carbons (Fsp3) is 0.469. The number of para-hydroxylation sites is 2. The zero-order valence-electron chi connectivity index (χ0n) is 24.6. The van der Waals surface area contributed by atoms with Crippen LogP contribution >= 0.6 is 0 Å². The van der Waals surface area contributed by atoms with E-state index in [2.05, 4.69) is 0 Å². The van der Waals surface area contributed by atoms with E-state index in [1.54, 1.807) is 16.8 Å². The molecule has 5 rings (SSSR count). The molecule has 0 spiro atoms. The predicted octanol–water partition coefficient (Wildman–Crippen LogP) is 5.82. The zero-order chi connectivity index (χ0) is 28.9. The lowest BCUT2D eigenvalue weighted by Gasteiger charge is -2.69. The first kappa shape index (κ1) is 27.1. The van der Waals surface area contributed by atoms with E-state index in [-0.39, 0.29) is 11.8 Å². The summed E-state index contributed by atoms with van der Waals surface area (Å²) in [5, 5.41) is 0. The molecule has 3 aliphatic rings. The number of anilines is 2. The van der Waals surface area contributed by atoms with Crippen LogP contribution in [0.3, 0.4) is 0 Å². The van der Waals surface area contributed by atoms with E-state index in [0.29, 0.717) is 22.4 Å². The molecule has 3 aliphatic heterocycles. The first-order chi connectivity index (χ1) is 17.9. The number of rotatable bonds is 2. The number of carbonyl (C=O) groups is 3. The molecule has 3 heterocycles. The molecule has 0 aliphatic carbocycles. The lowest BCUT2D eigenvalue weighted by atomic mass is 9.50. The quantitative estimate of drug-likeness (QED) is 0.361. The summed E-state index contributed by atoms with van der Waals surface area (Å²) in [6.07, 6.45) is 0. The van der Waals surface area contributed by atoms with Crippen molar-refractivity contribution in [2.24, 2.45) is 10.8 Å². The smallest absolute Gasteiger partial charge is 0.303 e. The molecule has 1 fully saturated rings. The van der Waals surface area contributed by atoms with Crippen molar-refractivity contribution in [1.29, 1.82) is 0 Å². The molecule has 2 aromatic carbocycles. The van der Waals surface area contributed by atoms with Crippen molar-refractivity contribution in [3.63, 3.8) is 0 Å². The van der Waals surface area contributed by atoms with Gasteiger partial charge >= 0.3 is 5.97 Å². The Morgan fingerprint density at radius 3 is 1.79 bits per heavy atom. The van der Waals surface area contributed by atoms with Crippen molar-refractivity contribution in [2.45, 2.75) is 79.2 Å². The van der Waals surface area contributed by atoms with Crippen LogP contribution in [-0.4, -0.2) is 41.8 Å². The standard InChI is InChI=1S/C32H38N2O5/c1-19(35)38-31(8)28(2,3)30(6,7)39-32(9,29(31,4)5)34-23-18-14-12-16-21(23)25(27(34)37)24-20-15-11-13-17-22(20)33(10)26(24)36/h11-18H,1-10H3. The second-order valence-corrected chi connectivity index (χ2v) is 12.8. The van der Waals surface area contributed by atoms with E-state index in [9.17, 15) is 14.4 Å². The van der Waals surface area contributed by atoms with Gasteiger partial charge < -0.3 is 14.4 Å². The lowest BCUT2D eigenvalue weighted by molar-refractivity contribution is -0.352. The van der Waals surface area contributed by atoms with E-state index in [4.69, 9.17) is 9.47 Å². The lowest BCUT2D eigenvalue weighted by Crippen LogP contribution is -2.79. The molecular weight excluding hydrogens is 492 g/mol. The Hall–Kier alpha value is -3.45. The average Bonchev–Trinajstić information content (AvgIpc) is 3.27. The average molecular weight is 531 g/mol. The van der Waals surface area contributed by atoms with Gasteiger partial charge in [0, 0.05) is 30.5 Å². The number of benzene rings is 2. The first-order valence-electron chi connectivity index (χ1n) is 13.4. The summed E-state index contributed by atoms with van der Waals surface area (Å²) >= 11 is 0. The number of esters is 1. The number of likely N-dealkylation sites (N-methyl/N-ethyl adjacent to an activating group) is 1. The van der Waals surface area contributed by atoms with Crippen molar-refractivity contribution in [3.05, 3.63) is 59.7 Å². The fourth-order valence-electron chi connectivity index (χ4n) is 6.91. The largest absolute Gasteiger partial charge is 0.458 e. The van der Waals surface area contributed by atoms with E-state index in [1.807, 2.05) is 104 Å². The minimum absolute atomic E-state index is 0.226. The molecule has 39 heavy (non-hydrogen) atoms. The SMILES string of the molecule is CC(=O)OC1(C)C(C)(C)C(C)(C)OC(C)(N2C(=O)C(=C3C(=O)N(C)c4ccccc43)c3ccccc32)C1(C)C. The van der Waals surface area contributed by atoms with Gasteiger partial charge in [0.05, 0.1) is 33.5 Å². The minimum atomic E-state index is -1.27. The Morgan fingerprint density at radius 2 is 1.23 bits per heavy atom. The molecule has 2 aromatic rings. The number of ether oxygens (including phenoxy) is 2. The molecule has 2 atom stereocenters. The van der Waals surface area contributed by atoms with Gasteiger partial charge in [-0.15, -0.1) is 0 Å². The van der Waals surface area contributed by atoms with Gasteiger partial charge in [0.1, 0.15) is 5.60 Å². The first-order valence-corrected chi connectivity index (χ1v) is 13.4. The second kappa shape index (κ2) is 8.04. The summed E-state index contributed by atoms with van der Waals surface area (Å²) in [5.74, 6) is -0.942. The van der Waals surface area contributed by atoms with Crippen molar-refractivity contribution in [2.75, 3.05) is 16.8 Å². The Bertz CT molecular complexity index is 1470. The number of hydrogen-bond acceptors (Lipinski definition) is 5. The Labute approximate surface area is 230 Å². The summed E-state index contributed by atoms with van der Waals surface area (Å²) in [4.78, 5) is 44.1. The maximum atomic E-state index is 14.7. The van der Waals surface area contributed by atoms with Crippen LogP contribution in [0.15, 0.2) is 48.5 Å². The number of fused-ring (bicyclic) bond motifs is 2. The maximum Gasteiger partial charge on any atom is 0.303 e. The predicted molar refractivity (Wildman–Crippen MR) is 152 cm³/mol. The van der Waals surface area contributed by atoms with Crippen LogP contribution in [0.4, 0.5) is 11.4 Å². The molecule has 0 aromatic heterocycles. The molecule has 0 saturated carbocycles. The highest BCUT2D eigenvalue weighted by Gasteiger charge is 2.74. The van der Waals surface area contributed by atoms with Gasteiger partial charge in [-0.1, -0.05) is 64.1 Å². The van der Waals surface area contributed by atoms with Crippen molar-refractivity contribution < 1.29 is 23.9 Å². The van der Waals surface area contributed by atoms with Crippen LogP contribution in [0.5, 0.6) is 0 Å². The molecule has 0 radical (unpaired) electrons. The van der Waals surface area contributed by atoms with E-state index < -0.39 is 33.7 Å². The highest BCUT2D eigenvalue weighted by Crippen LogP contribution is 2.65. The maximum absolute atomic E-state index is 14.7. The third-order valence-electron chi connectivity index (χ3n) is 10.4. The summed E-state index contributed by atoms with van der Waals surface area (Å²) in [5.41, 5.74) is -1.11. The second-order valence-electron chi connectivity index (χ2n) is 12.8. The van der Waals surface area contributed by atoms with Crippen LogP contribution < -0.4 is 9.80 Å². The van der Waals surface area contributed by atoms with Crippen LogP contribution in [0, 0.1) is 10.8 Å². The molecule has 2 amide bonds. The number of nitrogens with zero attached hydrogens (tertiary/aromatic N) is 2. The highest BCUT2D eigenvalue weighted by atomic mass is 16.6. The topological polar surface area (TPSA) is 76.1 Å². The molecule has 7 heteroatoms. The molecule has 2 unspecified atom stereocenters. The third-order valence-corrected chi connectivity index (χ3v) is 10.4. The van der Waals surface area contributed by atoms with E-state index in [1.165, 1.54) is 6.92 Å². The van der Waals surface area contributed by atoms with Gasteiger partial charge in [0.15, 0.2) is 5.72 Å². The molecule has 1 saturated heterocycles. The Balaban J connectivity index is 1.79. The summed E-state index contributed by atoms with van der Waals surface area (Å²) in [7, 11) is 1.72. The van der Waals surface area contributed by atoms with Crippen molar-refractivity contribution in [3.8, 4) is 0 Å². The minimum Gasteiger partial charge on any atom is -0.458 e. The van der Waals surface area contributed by atoms with Crippen LogP contribution in [0.25, 0.3) is 11.1 Å². The molecule has 0 N–H and O–H groups in total. The van der Waals surface area contributed by atoms with Gasteiger partial charge in [-0.3, -0.25) is 19.3 Å². The molecule has 206 valence electrons. The van der Waals surface area contributed by atoms with Crippen LogP contribution in [-0.2, 0) is 23.9 Å². The van der Waals surface area contributed by atoms with Crippen molar-refractivity contribution in [1.82, 2.24) is 0 Å². The van der Waals surface area contributed by atoms with Gasteiger partial charge in [0.25, 0.3) is 11.8 Å². The summed E-state index contributed by atoms with van der Waals surface area (Å²) in [6, 6.07) is 15.0. The molecular formula is C32H38N2O5. The Kier molecular flexibility index (Phi) is 5.59. The van der Waals surface area contributed by atoms with Gasteiger partial charge in [0.2, 0.25) is 0 Å². The van der Waals surface area contributed by atoms with Gasteiger partial charge in [-0.05, 0) is 39.8 Å². The van der Waals surface area contributed by atoms with E-state index >= 15 is 0 Å². The summed E-state index contributed by atoms with van der Waals surface area (Å²) < 4.78 is 13.2. The Morgan fingerprint density at radius 1 is 0.744 bits per heavy atom. The number of amides is 2. The van der Waals surface area contributed by atoms with Gasteiger partial charge in [-0.25, -0.2) is 0 Å². The van der Waals surface area contributed by atoms with Crippen molar-refractivity contribution >= 4 is 40.3 Å². The van der Waals surface area contributed by atoms with E-state index in [0.717, 1.165) is 11.3 Å². The molecule has 0 bridgehead atoms. The molecule has 7 nitrogen and oxygen atoms in total. The number of hydrogen-bond donors (Lipinski definition) is 0. The third kappa shape index (κ3) is 3.16. The monoisotopic (exact) mass is 530 g/mol. The van der Waals surface area contributed by atoms with Crippen LogP contribution in [0.1, 0.15) is 73.4 Å².